The van der Waals surface area contributed by atoms with Crippen molar-refractivity contribution in [3.63, 3.8) is 0 Å². The second kappa shape index (κ2) is 18.2. The first kappa shape index (κ1) is 39.9. The van der Waals surface area contributed by atoms with E-state index in [0.717, 1.165) is 60.2 Å². The predicted octanol–water partition coefficient (Wildman–Crippen LogP) is 10.1. The Labute approximate surface area is 317 Å². The van der Waals surface area contributed by atoms with Crippen molar-refractivity contribution in [2.24, 2.45) is 0 Å². The zero-order chi connectivity index (χ0) is 38.0. The number of esters is 1. The highest BCUT2D eigenvalue weighted by molar-refractivity contribution is 6.62. The fraction of sp³-hybridized carbons (Fsp3) is 0.444. The van der Waals surface area contributed by atoms with Gasteiger partial charge in [0.1, 0.15) is 28.6 Å². The van der Waals surface area contributed by atoms with E-state index >= 15 is 0 Å². The Balaban J connectivity index is 0.000000599. The molecule has 1 saturated carbocycles. The number of benzene rings is 4. The summed E-state index contributed by atoms with van der Waals surface area (Å²) in [4.78, 5) is 12.3. The van der Waals surface area contributed by atoms with E-state index in [4.69, 9.17) is 28.3 Å². The summed E-state index contributed by atoms with van der Waals surface area (Å²) >= 11 is 0. The van der Waals surface area contributed by atoms with Crippen molar-refractivity contribution in [1.82, 2.24) is 0 Å². The molecule has 53 heavy (non-hydrogen) atoms. The van der Waals surface area contributed by atoms with Crippen LogP contribution >= 0.6 is 0 Å². The van der Waals surface area contributed by atoms with Gasteiger partial charge in [-0.25, -0.2) is 4.79 Å². The summed E-state index contributed by atoms with van der Waals surface area (Å²) in [6.45, 7) is 15.9. The first-order valence-corrected chi connectivity index (χ1v) is 19.3. The SMILES string of the molecule is CCCc1c(OCCCOc2cc(C3CC3)c(B3OC(C)(C)C(C)(C)O3)cc2CC)cccc1Oc1ccccc1C(=O)OC.CCc1ccccc1. The fourth-order valence-electron chi connectivity index (χ4n) is 6.35. The number of carbonyl (C=O) groups is 1. The van der Waals surface area contributed by atoms with Crippen molar-refractivity contribution in [2.75, 3.05) is 20.3 Å². The number of methoxy groups -OCH3 is 1. The molecule has 0 unspecified atom stereocenters. The lowest BCUT2D eigenvalue weighted by atomic mass is 9.73. The molecule has 2 aliphatic rings. The minimum Gasteiger partial charge on any atom is -0.493 e. The van der Waals surface area contributed by atoms with Crippen LogP contribution in [0.5, 0.6) is 23.0 Å². The summed E-state index contributed by atoms with van der Waals surface area (Å²) in [5.74, 6) is 2.93. The normalized spacial score (nSPS) is 15.7. The van der Waals surface area contributed by atoms with Crippen LogP contribution in [0.3, 0.4) is 0 Å². The zero-order valence-electron chi connectivity index (χ0n) is 33.0. The van der Waals surface area contributed by atoms with E-state index in [1.807, 2.05) is 30.3 Å². The fourth-order valence-corrected chi connectivity index (χ4v) is 6.35. The highest BCUT2D eigenvalue weighted by Gasteiger charge is 2.53. The third-order valence-corrected chi connectivity index (χ3v) is 10.3. The van der Waals surface area contributed by atoms with Crippen molar-refractivity contribution in [3.8, 4) is 23.0 Å². The van der Waals surface area contributed by atoms with Crippen molar-refractivity contribution < 1.29 is 33.1 Å². The Morgan fingerprint density at radius 3 is 1.98 bits per heavy atom. The molecule has 0 amide bonds. The van der Waals surface area contributed by atoms with E-state index in [1.54, 1.807) is 18.2 Å². The average molecular weight is 721 g/mol. The lowest BCUT2D eigenvalue weighted by Crippen LogP contribution is -2.41. The van der Waals surface area contributed by atoms with Crippen LogP contribution in [0.2, 0.25) is 0 Å². The standard InChI is InChI=1S/C37H47BO7.C8H10/c1-8-14-27-31(17-12-18-32(27)43-33-16-11-10-15-28(33)35(39)40-7)41-21-13-22-42-34-24-29(26-19-20-26)30(23-25(34)9-2)38-44-36(3,4)37(5,6)45-38;1-2-8-6-4-3-5-7-8/h10-12,15-18,23-24,26H,8-9,13-14,19-22H2,1-7H3;3-7H,2H2,1H3. The van der Waals surface area contributed by atoms with Gasteiger partial charge in [-0.1, -0.05) is 81.8 Å². The van der Waals surface area contributed by atoms with Gasteiger partial charge < -0.3 is 28.3 Å². The number of hydrogen-bond acceptors (Lipinski definition) is 7. The lowest BCUT2D eigenvalue weighted by Gasteiger charge is -2.32. The predicted molar refractivity (Wildman–Crippen MR) is 213 cm³/mol. The molecule has 0 N–H and O–H groups in total. The molecule has 0 bridgehead atoms. The van der Waals surface area contributed by atoms with Crippen molar-refractivity contribution in [1.29, 1.82) is 0 Å². The van der Waals surface area contributed by atoms with E-state index < -0.39 is 5.97 Å². The molecule has 4 aromatic rings. The summed E-state index contributed by atoms with van der Waals surface area (Å²) in [7, 11) is 0.996. The molecule has 1 saturated heterocycles. The Kier molecular flexibility index (Phi) is 13.7. The molecule has 0 aromatic heterocycles. The topological polar surface area (TPSA) is 72.5 Å². The molecule has 0 spiro atoms. The van der Waals surface area contributed by atoms with Gasteiger partial charge in [0.25, 0.3) is 0 Å². The van der Waals surface area contributed by atoms with Gasteiger partial charge in [-0.3, -0.25) is 0 Å². The molecule has 4 aromatic carbocycles. The summed E-state index contributed by atoms with van der Waals surface area (Å²) in [6, 6.07) is 27.8. The van der Waals surface area contributed by atoms with Crippen LogP contribution in [-0.2, 0) is 33.3 Å². The second-order valence-electron chi connectivity index (χ2n) is 14.8. The number of para-hydroxylation sites is 1. The average Bonchev–Trinajstić information content (AvgIpc) is 3.98. The minimum atomic E-state index is -0.437. The first-order valence-electron chi connectivity index (χ1n) is 19.3. The van der Waals surface area contributed by atoms with Gasteiger partial charge in [-0.2, -0.15) is 0 Å². The third-order valence-electron chi connectivity index (χ3n) is 10.3. The van der Waals surface area contributed by atoms with Crippen LogP contribution in [-0.4, -0.2) is 44.6 Å². The molecule has 2 fully saturated rings. The van der Waals surface area contributed by atoms with Gasteiger partial charge in [0.2, 0.25) is 0 Å². The van der Waals surface area contributed by atoms with E-state index in [0.29, 0.717) is 36.2 Å². The Hall–Kier alpha value is -4.27. The summed E-state index contributed by atoms with van der Waals surface area (Å²) < 4.78 is 36.7. The molecule has 282 valence electrons. The van der Waals surface area contributed by atoms with Crippen molar-refractivity contribution in [2.45, 2.75) is 111 Å². The van der Waals surface area contributed by atoms with Crippen LogP contribution < -0.4 is 19.7 Å². The molecule has 0 atom stereocenters. The Bertz CT molecular complexity index is 1780. The number of rotatable bonds is 15. The van der Waals surface area contributed by atoms with Gasteiger partial charge >= 0.3 is 13.1 Å². The summed E-state index contributed by atoms with van der Waals surface area (Å²) in [5, 5.41) is 0. The Morgan fingerprint density at radius 2 is 1.38 bits per heavy atom. The summed E-state index contributed by atoms with van der Waals surface area (Å²) in [5.41, 5.74) is 5.59. The summed E-state index contributed by atoms with van der Waals surface area (Å²) in [6.07, 6.45) is 6.79. The van der Waals surface area contributed by atoms with Gasteiger partial charge in [0.15, 0.2) is 0 Å². The van der Waals surface area contributed by atoms with Crippen LogP contribution in [0.25, 0.3) is 0 Å². The Morgan fingerprint density at radius 1 is 0.755 bits per heavy atom. The smallest absolute Gasteiger partial charge is 0.493 e. The molecule has 0 radical (unpaired) electrons. The number of carbonyl (C=O) groups excluding carboxylic acids is 1. The second-order valence-corrected chi connectivity index (χ2v) is 14.8. The molecule has 8 heteroatoms. The molecule has 1 aliphatic heterocycles. The third kappa shape index (κ3) is 10.0. The number of ether oxygens (including phenoxy) is 4. The van der Waals surface area contributed by atoms with Crippen LogP contribution in [0, 0.1) is 0 Å². The van der Waals surface area contributed by atoms with E-state index in [-0.39, 0.29) is 18.3 Å². The van der Waals surface area contributed by atoms with E-state index in [9.17, 15) is 4.79 Å². The maximum Gasteiger partial charge on any atom is 0.495 e. The number of aryl methyl sites for hydroxylation is 2. The van der Waals surface area contributed by atoms with Gasteiger partial charge in [0.05, 0.1) is 31.5 Å². The maximum atomic E-state index is 12.3. The monoisotopic (exact) mass is 720 g/mol. The molecule has 6 rings (SSSR count). The van der Waals surface area contributed by atoms with Gasteiger partial charge in [-0.05, 0) is 118 Å². The van der Waals surface area contributed by atoms with Crippen LogP contribution in [0.4, 0.5) is 0 Å². The largest absolute Gasteiger partial charge is 0.495 e. The minimum absolute atomic E-state index is 0.371. The van der Waals surface area contributed by atoms with E-state index in [2.05, 4.69) is 84.9 Å². The molecular formula is C45H57BO7. The van der Waals surface area contributed by atoms with Gasteiger partial charge in [-0.15, -0.1) is 0 Å². The van der Waals surface area contributed by atoms with Gasteiger partial charge in [0, 0.05) is 12.0 Å². The van der Waals surface area contributed by atoms with Crippen molar-refractivity contribution in [3.05, 3.63) is 113 Å². The maximum absolute atomic E-state index is 12.3. The molecule has 1 heterocycles. The number of hydrogen-bond donors (Lipinski definition) is 0. The van der Waals surface area contributed by atoms with E-state index in [1.165, 1.54) is 31.1 Å². The zero-order valence-corrected chi connectivity index (χ0v) is 33.0. The molecule has 7 nitrogen and oxygen atoms in total. The highest BCUT2D eigenvalue weighted by Crippen LogP contribution is 2.43. The van der Waals surface area contributed by atoms with Crippen LogP contribution in [0.1, 0.15) is 113 Å². The highest BCUT2D eigenvalue weighted by atomic mass is 16.7. The van der Waals surface area contributed by atoms with Crippen molar-refractivity contribution >= 4 is 18.6 Å². The first-order chi connectivity index (χ1) is 25.5. The lowest BCUT2D eigenvalue weighted by molar-refractivity contribution is 0.00578. The quantitative estimate of drug-likeness (QED) is 0.0688. The van der Waals surface area contributed by atoms with Crippen LogP contribution in [0.15, 0.2) is 84.9 Å². The molecular weight excluding hydrogens is 663 g/mol. The molecule has 1 aliphatic carbocycles.